The quantitative estimate of drug-likeness (QED) is 0.869. The minimum Gasteiger partial charge on any atom is -0.493 e. The van der Waals surface area contributed by atoms with Crippen molar-refractivity contribution in [3.63, 3.8) is 0 Å². The second-order valence-electron chi connectivity index (χ2n) is 4.58. The standard InChI is InChI=1S/C14H18O4/c15-14(16)9-11-1-3-13(4-2-11)18-10-12-5-7-17-8-6-12/h1-4,12H,5-10H2,(H,15,16). The average molecular weight is 250 g/mol. The van der Waals surface area contributed by atoms with Crippen LogP contribution >= 0.6 is 0 Å². The molecule has 0 atom stereocenters. The van der Waals surface area contributed by atoms with Gasteiger partial charge in [0, 0.05) is 13.2 Å². The highest BCUT2D eigenvalue weighted by atomic mass is 16.5. The van der Waals surface area contributed by atoms with Crippen molar-refractivity contribution >= 4 is 5.97 Å². The molecule has 1 saturated heterocycles. The molecule has 0 bridgehead atoms. The van der Waals surface area contributed by atoms with Crippen molar-refractivity contribution in [3.05, 3.63) is 29.8 Å². The van der Waals surface area contributed by atoms with Gasteiger partial charge in [-0.2, -0.15) is 0 Å². The summed E-state index contributed by atoms with van der Waals surface area (Å²) in [5, 5.41) is 8.67. The van der Waals surface area contributed by atoms with Gasteiger partial charge in [-0.05, 0) is 36.5 Å². The van der Waals surface area contributed by atoms with Crippen molar-refractivity contribution in [1.82, 2.24) is 0 Å². The van der Waals surface area contributed by atoms with Crippen LogP contribution in [0.25, 0.3) is 0 Å². The van der Waals surface area contributed by atoms with Crippen LogP contribution in [-0.4, -0.2) is 30.9 Å². The Morgan fingerprint density at radius 1 is 1.28 bits per heavy atom. The van der Waals surface area contributed by atoms with E-state index in [9.17, 15) is 4.79 Å². The Morgan fingerprint density at radius 2 is 1.94 bits per heavy atom. The van der Waals surface area contributed by atoms with Crippen LogP contribution < -0.4 is 4.74 Å². The third-order valence-electron chi connectivity index (χ3n) is 3.11. The molecule has 0 aliphatic carbocycles. The van der Waals surface area contributed by atoms with Gasteiger partial charge in [0.05, 0.1) is 13.0 Å². The Kier molecular flexibility index (Phi) is 4.59. The van der Waals surface area contributed by atoms with Gasteiger partial charge in [-0.1, -0.05) is 12.1 Å². The van der Waals surface area contributed by atoms with E-state index in [2.05, 4.69) is 0 Å². The van der Waals surface area contributed by atoms with Crippen molar-refractivity contribution in [1.29, 1.82) is 0 Å². The van der Waals surface area contributed by atoms with E-state index in [-0.39, 0.29) is 6.42 Å². The van der Waals surface area contributed by atoms with Gasteiger partial charge in [-0.3, -0.25) is 4.79 Å². The predicted octanol–water partition coefficient (Wildman–Crippen LogP) is 2.12. The smallest absolute Gasteiger partial charge is 0.307 e. The molecule has 2 rings (SSSR count). The van der Waals surface area contributed by atoms with E-state index in [1.165, 1.54) is 0 Å². The third kappa shape index (κ3) is 4.04. The van der Waals surface area contributed by atoms with Gasteiger partial charge in [0.15, 0.2) is 0 Å². The summed E-state index contributed by atoms with van der Waals surface area (Å²) in [6.07, 6.45) is 2.16. The average Bonchev–Trinajstić information content (AvgIpc) is 2.38. The highest BCUT2D eigenvalue weighted by Gasteiger charge is 2.14. The predicted molar refractivity (Wildman–Crippen MR) is 66.8 cm³/mol. The molecule has 1 aromatic carbocycles. The molecule has 0 spiro atoms. The Labute approximate surface area is 107 Å². The lowest BCUT2D eigenvalue weighted by Gasteiger charge is -2.22. The Hall–Kier alpha value is -1.55. The minimum atomic E-state index is -0.814. The molecule has 4 heteroatoms. The fourth-order valence-electron chi connectivity index (χ4n) is 2.01. The molecule has 0 amide bonds. The van der Waals surface area contributed by atoms with Crippen molar-refractivity contribution in [2.45, 2.75) is 19.3 Å². The number of rotatable bonds is 5. The van der Waals surface area contributed by atoms with Gasteiger partial charge in [-0.25, -0.2) is 0 Å². The fourth-order valence-corrected chi connectivity index (χ4v) is 2.01. The molecule has 0 aromatic heterocycles. The lowest BCUT2D eigenvalue weighted by molar-refractivity contribution is -0.136. The maximum absolute atomic E-state index is 10.5. The van der Waals surface area contributed by atoms with E-state index in [0.29, 0.717) is 12.5 Å². The molecule has 1 fully saturated rings. The second-order valence-corrected chi connectivity index (χ2v) is 4.58. The van der Waals surface area contributed by atoms with E-state index in [1.807, 2.05) is 12.1 Å². The van der Waals surface area contributed by atoms with Gasteiger partial charge >= 0.3 is 5.97 Å². The molecule has 18 heavy (non-hydrogen) atoms. The van der Waals surface area contributed by atoms with Gasteiger partial charge in [-0.15, -0.1) is 0 Å². The number of carboxylic acids is 1. The summed E-state index contributed by atoms with van der Waals surface area (Å²) < 4.78 is 11.0. The monoisotopic (exact) mass is 250 g/mol. The zero-order valence-electron chi connectivity index (χ0n) is 10.3. The Morgan fingerprint density at radius 3 is 2.56 bits per heavy atom. The Bertz CT molecular complexity index is 379. The van der Waals surface area contributed by atoms with Gasteiger partial charge in [0.1, 0.15) is 5.75 Å². The van der Waals surface area contributed by atoms with E-state index in [0.717, 1.165) is 37.4 Å². The van der Waals surface area contributed by atoms with E-state index in [1.54, 1.807) is 12.1 Å². The number of carbonyl (C=O) groups is 1. The van der Waals surface area contributed by atoms with E-state index in [4.69, 9.17) is 14.6 Å². The molecular formula is C14H18O4. The van der Waals surface area contributed by atoms with Crippen LogP contribution in [0.2, 0.25) is 0 Å². The van der Waals surface area contributed by atoms with Gasteiger partial charge in [0.2, 0.25) is 0 Å². The third-order valence-corrected chi connectivity index (χ3v) is 3.11. The molecule has 4 nitrogen and oxygen atoms in total. The van der Waals surface area contributed by atoms with Crippen LogP contribution in [0.5, 0.6) is 5.75 Å². The largest absolute Gasteiger partial charge is 0.493 e. The van der Waals surface area contributed by atoms with Gasteiger partial charge < -0.3 is 14.6 Å². The molecule has 1 aromatic rings. The van der Waals surface area contributed by atoms with E-state index >= 15 is 0 Å². The molecule has 0 radical (unpaired) electrons. The zero-order chi connectivity index (χ0) is 12.8. The first-order valence-corrected chi connectivity index (χ1v) is 6.25. The van der Waals surface area contributed by atoms with Crippen LogP contribution in [-0.2, 0) is 16.0 Å². The topological polar surface area (TPSA) is 55.8 Å². The lowest BCUT2D eigenvalue weighted by Crippen LogP contribution is -2.21. The van der Waals surface area contributed by atoms with Crippen molar-refractivity contribution in [2.24, 2.45) is 5.92 Å². The summed E-state index contributed by atoms with van der Waals surface area (Å²) in [5.74, 6) is 0.555. The first-order valence-electron chi connectivity index (χ1n) is 6.25. The van der Waals surface area contributed by atoms with Crippen molar-refractivity contribution < 1.29 is 19.4 Å². The highest BCUT2D eigenvalue weighted by Crippen LogP contribution is 2.18. The minimum absolute atomic E-state index is 0.0558. The second kappa shape index (κ2) is 6.40. The maximum atomic E-state index is 10.5. The number of ether oxygens (including phenoxy) is 2. The fraction of sp³-hybridized carbons (Fsp3) is 0.500. The van der Waals surface area contributed by atoms with Crippen LogP contribution in [0.3, 0.4) is 0 Å². The Balaban J connectivity index is 1.80. The lowest BCUT2D eigenvalue weighted by atomic mass is 10.0. The zero-order valence-corrected chi connectivity index (χ0v) is 10.3. The highest BCUT2D eigenvalue weighted by molar-refractivity contribution is 5.70. The van der Waals surface area contributed by atoms with Crippen molar-refractivity contribution in [2.75, 3.05) is 19.8 Å². The van der Waals surface area contributed by atoms with Crippen LogP contribution in [0.1, 0.15) is 18.4 Å². The number of hydrogen-bond acceptors (Lipinski definition) is 3. The van der Waals surface area contributed by atoms with Gasteiger partial charge in [0.25, 0.3) is 0 Å². The normalized spacial score (nSPS) is 16.4. The van der Waals surface area contributed by atoms with Crippen LogP contribution in [0.15, 0.2) is 24.3 Å². The van der Waals surface area contributed by atoms with Crippen LogP contribution in [0.4, 0.5) is 0 Å². The summed E-state index contributed by atoms with van der Waals surface area (Å²) in [6, 6.07) is 7.26. The van der Waals surface area contributed by atoms with Crippen LogP contribution in [0, 0.1) is 5.92 Å². The SMILES string of the molecule is O=C(O)Cc1ccc(OCC2CCOCC2)cc1. The number of carboxylic acid groups (broad SMARTS) is 1. The summed E-state index contributed by atoms with van der Waals surface area (Å²) in [7, 11) is 0. The molecule has 0 saturated carbocycles. The molecule has 1 aliphatic rings. The summed E-state index contributed by atoms with van der Waals surface area (Å²) in [6.45, 7) is 2.36. The summed E-state index contributed by atoms with van der Waals surface area (Å²) in [4.78, 5) is 10.5. The van der Waals surface area contributed by atoms with E-state index < -0.39 is 5.97 Å². The first kappa shape index (κ1) is 12.9. The number of hydrogen-bond donors (Lipinski definition) is 1. The molecule has 98 valence electrons. The van der Waals surface area contributed by atoms with Crippen molar-refractivity contribution in [3.8, 4) is 5.75 Å². The number of aliphatic carboxylic acids is 1. The first-order chi connectivity index (χ1) is 8.74. The summed E-state index contributed by atoms with van der Waals surface area (Å²) >= 11 is 0. The molecule has 0 unspecified atom stereocenters. The molecule has 1 heterocycles. The summed E-state index contributed by atoms with van der Waals surface area (Å²) in [5.41, 5.74) is 0.793. The molecule has 1 N–H and O–H groups in total. The molecule has 1 aliphatic heterocycles. The maximum Gasteiger partial charge on any atom is 0.307 e. The molecular weight excluding hydrogens is 232 g/mol. The number of benzene rings is 1.